The Morgan fingerprint density at radius 2 is 2.00 bits per heavy atom. The van der Waals surface area contributed by atoms with Gasteiger partial charge >= 0.3 is 11.9 Å². The third-order valence-corrected chi connectivity index (χ3v) is 4.91. The molecule has 1 aliphatic rings. The molecule has 0 amide bonds. The minimum Gasteiger partial charge on any atom is -0.487 e. The third kappa shape index (κ3) is 4.32. The second kappa shape index (κ2) is 8.83. The number of ether oxygens (including phenoxy) is 3. The quantitative estimate of drug-likeness (QED) is 0.611. The number of hydrogen-bond donors (Lipinski definition) is 1. The van der Waals surface area contributed by atoms with E-state index in [0.717, 1.165) is 11.3 Å². The number of hydrogen-bond acceptors (Lipinski definition) is 7. The van der Waals surface area contributed by atoms with Gasteiger partial charge in [0.1, 0.15) is 17.9 Å². The molecule has 2 aromatic heterocycles. The molecule has 0 spiro atoms. The molecule has 0 aliphatic carbocycles. The van der Waals surface area contributed by atoms with Crippen LogP contribution >= 0.6 is 0 Å². The Labute approximate surface area is 177 Å². The van der Waals surface area contributed by atoms with Gasteiger partial charge in [-0.15, -0.1) is 0 Å². The Bertz CT molecular complexity index is 1150. The summed E-state index contributed by atoms with van der Waals surface area (Å²) in [7, 11) is 0. The summed E-state index contributed by atoms with van der Waals surface area (Å²) in [6.45, 7) is 2.15. The van der Waals surface area contributed by atoms with Crippen molar-refractivity contribution >= 4 is 11.9 Å². The minimum absolute atomic E-state index is 0.0174. The highest BCUT2D eigenvalue weighted by molar-refractivity contribution is 5.94. The van der Waals surface area contributed by atoms with Crippen LogP contribution < -0.4 is 15.0 Å². The molecule has 0 saturated heterocycles. The van der Waals surface area contributed by atoms with Gasteiger partial charge in [-0.25, -0.2) is 4.79 Å². The second-order valence-electron chi connectivity index (χ2n) is 6.90. The van der Waals surface area contributed by atoms with Crippen molar-refractivity contribution in [3.8, 4) is 11.5 Å². The van der Waals surface area contributed by atoms with Crippen molar-refractivity contribution in [1.29, 1.82) is 0 Å². The van der Waals surface area contributed by atoms with E-state index in [1.165, 1.54) is 6.20 Å². The van der Waals surface area contributed by atoms with Gasteiger partial charge in [0.05, 0.1) is 24.3 Å². The number of nitrogens with zero attached hydrogens (tertiary/aromatic N) is 1. The molecule has 1 aromatic carbocycles. The zero-order valence-electron chi connectivity index (χ0n) is 16.8. The molecule has 8 heteroatoms. The fourth-order valence-corrected chi connectivity index (χ4v) is 3.46. The molecular weight excluding hydrogens is 400 g/mol. The first-order valence-electron chi connectivity index (χ1n) is 9.83. The number of rotatable bonds is 6. The number of nitrogens with one attached hydrogen (secondary N) is 1. The molecular formula is C23H20N2O6. The summed E-state index contributed by atoms with van der Waals surface area (Å²) in [5.41, 5.74) is 1.36. The van der Waals surface area contributed by atoms with Crippen LogP contribution in [0.25, 0.3) is 0 Å². The van der Waals surface area contributed by atoms with E-state index >= 15 is 0 Å². The fourth-order valence-electron chi connectivity index (χ4n) is 3.46. The van der Waals surface area contributed by atoms with E-state index in [-0.39, 0.29) is 29.9 Å². The zero-order valence-corrected chi connectivity index (χ0v) is 16.8. The van der Waals surface area contributed by atoms with E-state index < -0.39 is 23.4 Å². The van der Waals surface area contributed by atoms with Crippen LogP contribution in [0.1, 0.15) is 46.4 Å². The lowest BCUT2D eigenvalue weighted by atomic mass is 9.86. The van der Waals surface area contributed by atoms with Crippen LogP contribution in [0.4, 0.5) is 0 Å². The number of esters is 2. The normalized spacial score (nSPS) is 15.0. The SMILES string of the molecule is CCOC(=O)c1c[nH]c(=O)c2c1OC(=O)C[C@H]2c1ccc(OCc2ccccn2)cc1. The molecule has 31 heavy (non-hydrogen) atoms. The standard InChI is InChI=1S/C23H20N2O6/c1-2-29-23(28)18-12-25-22(27)20-17(11-19(26)31-21(18)20)14-6-8-16(9-7-14)30-13-15-5-3-4-10-24-15/h3-10,12,17H,2,11,13H2,1H3,(H,25,27)/t17-/m0/s1. The summed E-state index contributed by atoms with van der Waals surface area (Å²) in [5, 5.41) is 0. The van der Waals surface area contributed by atoms with Gasteiger partial charge in [0.2, 0.25) is 0 Å². The number of H-pyrrole nitrogens is 1. The first-order valence-corrected chi connectivity index (χ1v) is 9.83. The maximum absolute atomic E-state index is 12.6. The van der Waals surface area contributed by atoms with Crippen molar-refractivity contribution in [2.75, 3.05) is 6.61 Å². The maximum atomic E-state index is 12.6. The molecule has 0 saturated carbocycles. The van der Waals surface area contributed by atoms with E-state index in [1.54, 1.807) is 37.4 Å². The predicted octanol–water partition coefficient (Wildman–Crippen LogP) is 2.97. The summed E-state index contributed by atoms with van der Waals surface area (Å²) in [4.78, 5) is 43.9. The van der Waals surface area contributed by atoms with Crippen LogP contribution in [0.3, 0.4) is 0 Å². The number of aromatic nitrogens is 2. The van der Waals surface area contributed by atoms with Crippen molar-refractivity contribution in [2.45, 2.75) is 25.9 Å². The Hall–Kier alpha value is -3.94. The van der Waals surface area contributed by atoms with Gasteiger partial charge in [-0.2, -0.15) is 0 Å². The molecule has 8 nitrogen and oxygen atoms in total. The third-order valence-electron chi connectivity index (χ3n) is 4.91. The number of carbonyl (C=O) groups is 2. The smallest absolute Gasteiger partial charge is 0.343 e. The van der Waals surface area contributed by atoms with Crippen LogP contribution in [0.5, 0.6) is 11.5 Å². The van der Waals surface area contributed by atoms with Crippen molar-refractivity contribution < 1.29 is 23.8 Å². The van der Waals surface area contributed by atoms with E-state index in [1.807, 2.05) is 18.2 Å². The lowest BCUT2D eigenvalue weighted by Crippen LogP contribution is -2.30. The minimum atomic E-state index is -0.665. The molecule has 0 fully saturated rings. The highest BCUT2D eigenvalue weighted by atomic mass is 16.5. The molecule has 0 bridgehead atoms. The van der Waals surface area contributed by atoms with Gasteiger partial charge in [-0.1, -0.05) is 18.2 Å². The largest absolute Gasteiger partial charge is 0.487 e. The van der Waals surface area contributed by atoms with E-state index in [9.17, 15) is 14.4 Å². The van der Waals surface area contributed by atoms with Gasteiger partial charge in [-0.3, -0.25) is 14.6 Å². The Kier molecular flexibility index (Phi) is 5.79. The second-order valence-corrected chi connectivity index (χ2v) is 6.90. The fraction of sp³-hybridized carbons (Fsp3) is 0.217. The van der Waals surface area contributed by atoms with Crippen LogP contribution in [-0.2, 0) is 16.1 Å². The molecule has 0 unspecified atom stereocenters. The van der Waals surface area contributed by atoms with Crippen LogP contribution in [0, 0.1) is 0 Å². The zero-order chi connectivity index (χ0) is 21.8. The number of carbonyl (C=O) groups excluding carboxylic acids is 2. The van der Waals surface area contributed by atoms with Gasteiger partial charge in [0, 0.05) is 18.3 Å². The lowest BCUT2D eigenvalue weighted by molar-refractivity contribution is -0.135. The van der Waals surface area contributed by atoms with Crippen LogP contribution in [-0.4, -0.2) is 28.5 Å². The number of benzene rings is 1. The summed E-state index contributed by atoms with van der Waals surface area (Å²) in [6.07, 6.45) is 2.89. The first kappa shape index (κ1) is 20.3. The molecule has 158 valence electrons. The monoisotopic (exact) mass is 420 g/mol. The number of pyridine rings is 2. The van der Waals surface area contributed by atoms with Crippen molar-refractivity contribution in [1.82, 2.24) is 9.97 Å². The Balaban J connectivity index is 1.62. The maximum Gasteiger partial charge on any atom is 0.343 e. The topological polar surface area (TPSA) is 108 Å². The molecule has 1 N–H and O–H groups in total. The van der Waals surface area contributed by atoms with Crippen molar-refractivity contribution in [3.05, 3.63) is 87.6 Å². The van der Waals surface area contributed by atoms with E-state index in [4.69, 9.17) is 14.2 Å². The van der Waals surface area contributed by atoms with Gasteiger partial charge in [0.15, 0.2) is 5.75 Å². The van der Waals surface area contributed by atoms with Crippen molar-refractivity contribution in [2.24, 2.45) is 0 Å². The van der Waals surface area contributed by atoms with Gasteiger partial charge in [-0.05, 0) is 36.8 Å². The Morgan fingerprint density at radius 3 is 2.71 bits per heavy atom. The van der Waals surface area contributed by atoms with E-state index in [2.05, 4.69) is 9.97 Å². The molecule has 0 radical (unpaired) electrons. The summed E-state index contributed by atoms with van der Waals surface area (Å²) < 4.78 is 16.0. The van der Waals surface area contributed by atoms with Crippen LogP contribution in [0.15, 0.2) is 59.7 Å². The number of fused-ring (bicyclic) bond motifs is 1. The predicted molar refractivity (Wildman–Crippen MR) is 110 cm³/mol. The first-order chi connectivity index (χ1) is 15.1. The number of aromatic amines is 1. The molecule has 3 aromatic rings. The summed E-state index contributed by atoms with van der Waals surface area (Å²) in [6, 6.07) is 12.7. The average molecular weight is 420 g/mol. The highest BCUT2D eigenvalue weighted by Crippen LogP contribution is 2.38. The summed E-state index contributed by atoms with van der Waals surface area (Å²) in [5.74, 6) is -1.16. The summed E-state index contributed by atoms with van der Waals surface area (Å²) >= 11 is 0. The molecule has 1 atom stereocenters. The van der Waals surface area contributed by atoms with Gasteiger partial charge < -0.3 is 19.2 Å². The van der Waals surface area contributed by atoms with Crippen molar-refractivity contribution in [3.63, 3.8) is 0 Å². The van der Waals surface area contributed by atoms with Crippen LogP contribution in [0.2, 0.25) is 0 Å². The average Bonchev–Trinajstić information content (AvgIpc) is 2.78. The Morgan fingerprint density at radius 1 is 1.19 bits per heavy atom. The highest BCUT2D eigenvalue weighted by Gasteiger charge is 2.34. The van der Waals surface area contributed by atoms with E-state index in [0.29, 0.717) is 12.4 Å². The molecule has 1 aliphatic heterocycles. The van der Waals surface area contributed by atoms with Gasteiger partial charge in [0.25, 0.3) is 5.56 Å². The lowest BCUT2D eigenvalue weighted by Gasteiger charge is -2.25. The molecule has 3 heterocycles. The molecule has 4 rings (SSSR count).